The number of aliphatic hydroxyl groups is 1. The second kappa shape index (κ2) is 4.96. The fourth-order valence-corrected chi connectivity index (χ4v) is 6.74. The Hall–Kier alpha value is -1.07. The van der Waals surface area contributed by atoms with Gasteiger partial charge in [0.1, 0.15) is 0 Å². The maximum atomic E-state index is 11.8. The quantitative estimate of drug-likeness (QED) is 0.692. The van der Waals surface area contributed by atoms with Crippen molar-refractivity contribution in [2.45, 2.75) is 64.9 Å². The van der Waals surface area contributed by atoms with Gasteiger partial charge in [-0.1, -0.05) is 19.4 Å². The molecule has 0 aliphatic heterocycles. The van der Waals surface area contributed by atoms with Crippen molar-refractivity contribution in [2.75, 3.05) is 0 Å². The first kappa shape index (κ1) is 15.5. The lowest BCUT2D eigenvalue weighted by Gasteiger charge is -2.57. The van der Waals surface area contributed by atoms with E-state index >= 15 is 0 Å². The van der Waals surface area contributed by atoms with Crippen molar-refractivity contribution in [3.8, 4) is 12.3 Å². The van der Waals surface area contributed by atoms with Gasteiger partial charge in [-0.25, -0.2) is 0 Å². The van der Waals surface area contributed by atoms with E-state index in [0.29, 0.717) is 30.0 Å². The SMILES string of the molecule is C#CC1CC2C3CCC4=CC(=O)CCC4(C)C3CCC2(C)C1O. The number of rotatable bonds is 0. The minimum atomic E-state index is -0.337. The number of fused-ring (bicyclic) bond motifs is 5. The molecule has 0 heterocycles. The summed E-state index contributed by atoms with van der Waals surface area (Å²) in [4.78, 5) is 11.8. The molecule has 3 saturated carbocycles. The van der Waals surface area contributed by atoms with Crippen molar-refractivity contribution in [2.24, 2.45) is 34.5 Å². The largest absolute Gasteiger partial charge is 0.391 e. The van der Waals surface area contributed by atoms with Crippen molar-refractivity contribution in [1.29, 1.82) is 0 Å². The number of hydrogen-bond donors (Lipinski definition) is 1. The van der Waals surface area contributed by atoms with Crippen molar-refractivity contribution >= 4 is 5.78 Å². The van der Waals surface area contributed by atoms with Crippen molar-refractivity contribution in [3.63, 3.8) is 0 Å². The first-order valence-electron chi connectivity index (χ1n) is 9.28. The maximum Gasteiger partial charge on any atom is 0.155 e. The van der Waals surface area contributed by atoms with Gasteiger partial charge in [0, 0.05) is 12.3 Å². The van der Waals surface area contributed by atoms with Gasteiger partial charge >= 0.3 is 0 Å². The van der Waals surface area contributed by atoms with Crippen molar-refractivity contribution in [1.82, 2.24) is 0 Å². The highest BCUT2D eigenvalue weighted by molar-refractivity contribution is 5.91. The highest BCUT2D eigenvalue weighted by atomic mass is 16.3. The minimum Gasteiger partial charge on any atom is -0.391 e. The number of hydrogen-bond acceptors (Lipinski definition) is 2. The fourth-order valence-electron chi connectivity index (χ4n) is 6.74. The Balaban J connectivity index is 1.69. The predicted octanol–water partition coefficient (Wildman–Crippen LogP) is 3.74. The molecule has 4 aliphatic carbocycles. The Morgan fingerprint density at radius 3 is 2.74 bits per heavy atom. The molecule has 0 amide bonds. The number of carbonyl (C=O) groups excluding carboxylic acids is 1. The lowest BCUT2D eigenvalue weighted by atomic mass is 9.47. The molecule has 0 aromatic heterocycles. The van der Waals surface area contributed by atoms with Gasteiger partial charge < -0.3 is 5.11 Å². The standard InChI is InChI=1S/C21H28O2/c1-4-13-11-18-16-6-5-14-12-15(22)7-9-20(14,2)17(16)8-10-21(18,3)19(13)23/h1,12-13,16-19,23H,5-11H2,2-3H3. The summed E-state index contributed by atoms with van der Waals surface area (Å²) >= 11 is 0. The molecule has 7 unspecified atom stereocenters. The van der Waals surface area contributed by atoms with Crippen LogP contribution in [0.1, 0.15) is 58.8 Å². The number of aliphatic hydroxyl groups excluding tert-OH is 1. The maximum absolute atomic E-state index is 11.8. The summed E-state index contributed by atoms with van der Waals surface area (Å²) in [5.74, 6) is 5.08. The van der Waals surface area contributed by atoms with Gasteiger partial charge in [-0.15, -0.1) is 12.3 Å². The van der Waals surface area contributed by atoms with E-state index in [9.17, 15) is 9.90 Å². The van der Waals surface area contributed by atoms with E-state index in [-0.39, 0.29) is 22.9 Å². The zero-order valence-electron chi connectivity index (χ0n) is 14.3. The summed E-state index contributed by atoms with van der Waals surface area (Å²) in [7, 11) is 0. The highest BCUT2D eigenvalue weighted by Crippen LogP contribution is 2.65. The second-order valence-corrected chi connectivity index (χ2v) is 8.97. The summed E-state index contributed by atoms with van der Waals surface area (Å²) in [6, 6.07) is 0. The van der Waals surface area contributed by atoms with Crippen LogP contribution in [-0.4, -0.2) is 17.0 Å². The summed E-state index contributed by atoms with van der Waals surface area (Å²) in [5, 5.41) is 10.8. The van der Waals surface area contributed by atoms with Crippen LogP contribution in [0.25, 0.3) is 0 Å². The first-order valence-corrected chi connectivity index (χ1v) is 9.28. The Labute approximate surface area is 139 Å². The number of terminal acetylenes is 1. The van der Waals surface area contributed by atoms with Gasteiger partial charge in [0.2, 0.25) is 0 Å². The van der Waals surface area contributed by atoms with E-state index in [4.69, 9.17) is 6.42 Å². The predicted molar refractivity (Wildman–Crippen MR) is 90.4 cm³/mol. The van der Waals surface area contributed by atoms with Crippen LogP contribution in [-0.2, 0) is 4.79 Å². The third-order valence-corrected chi connectivity index (χ3v) is 8.18. The molecule has 4 aliphatic rings. The van der Waals surface area contributed by atoms with Crippen LogP contribution in [0.2, 0.25) is 0 Å². The Morgan fingerprint density at radius 1 is 1.22 bits per heavy atom. The van der Waals surface area contributed by atoms with E-state index in [0.717, 1.165) is 25.7 Å². The summed E-state index contributed by atoms with van der Waals surface area (Å²) in [6.07, 6.45) is 14.5. The average Bonchev–Trinajstić information content (AvgIpc) is 2.79. The van der Waals surface area contributed by atoms with E-state index in [2.05, 4.69) is 19.8 Å². The van der Waals surface area contributed by atoms with Crippen LogP contribution in [0.3, 0.4) is 0 Å². The Kier molecular flexibility index (Phi) is 3.34. The number of allylic oxidation sites excluding steroid dienone is 1. The number of ketones is 1. The molecule has 2 heteroatoms. The van der Waals surface area contributed by atoms with Gasteiger partial charge in [-0.3, -0.25) is 4.79 Å². The van der Waals surface area contributed by atoms with Gasteiger partial charge in [0.15, 0.2) is 5.78 Å². The third-order valence-electron chi connectivity index (χ3n) is 8.18. The number of carbonyl (C=O) groups is 1. The molecule has 3 fully saturated rings. The molecule has 4 rings (SSSR count). The highest BCUT2D eigenvalue weighted by Gasteiger charge is 2.60. The molecule has 0 saturated heterocycles. The molecule has 2 nitrogen and oxygen atoms in total. The molecule has 0 spiro atoms. The van der Waals surface area contributed by atoms with Crippen molar-refractivity contribution in [3.05, 3.63) is 11.6 Å². The molecule has 124 valence electrons. The lowest BCUT2D eigenvalue weighted by Crippen LogP contribution is -2.51. The molecule has 23 heavy (non-hydrogen) atoms. The van der Waals surface area contributed by atoms with Crippen LogP contribution in [0.4, 0.5) is 0 Å². The molecule has 0 bridgehead atoms. The summed E-state index contributed by atoms with van der Waals surface area (Å²) in [6.45, 7) is 4.67. The fraction of sp³-hybridized carbons (Fsp3) is 0.762. The van der Waals surface area contributed by atoms with Crippen LogP contribution in [0, 0.1) is 46.8 Å². The minimum absolute atomic E-state index is 0.000265. The molecule has 0 radical (unpaired) electrons. The van der Waals surface area contributed by atoms with Gasteiger partial charge in [-0.2, -0.15) is 0 Å². The smallest absolute Gasteiger partial charge is 0.155 e. The van der Waals surface area contributed by atoms with Crippen LogP contribution in [0.15, 0.2) is 11.6 Å². The zero-order chi connectivity index (χ0) is 16.4. The second-order valence-electron chi connectivity index (χ2n) is 8.97. The van der Waals surface area contributed by atoms with Gasteiger partial charge in [0.05, 0.1) is 6.10 Å². The van der Waals surface area contributed by atoms with Crippen molar-refractivity contribution < 1.29 is 9.90 Å². The summed E-state index contributed by atoms with van der Waals surface area (Å²) < 4.78 is 0. The third kappa shape index (κ3) is 1.96. The van der Waals surface area contributed by atoms with E-state index in [1.54, 1.807) is 0 Å². The summed E-state index contributed by atoms with van der Waals surface area (Å²) in [5.41, 5.74) is 1.61. The lowest BCUT2D eigenvalue weighted by molar-refractivity contribution is -0.118. The van der Waals surface area contributed by atoms with Crippen LogP contribution < -0.4 is 0 Å². The molecular weight excluding hydrogens is 284 g/mol. The van der Waals surface area contributed by atoms with Crippen LogP contribution in [0.5, 0.6) is 0 Å². The first-order chi connectivity index (χ1) is 10.9. The van der Waals surface area contributed by atoms with Gasteiger partial charge in [-0.05, 0) is 73.2 Å². The van der Waals surface area contributed by atoms with E-state index in [1.807, 2.05) is 6.08 Å². The zero-order valence-corrected chi connectivity index (χ0v) is 14.3. The molecule has 0 aromatic rings. The molecular formula is C21H28O2. The van der Waals surface area contributed by atoms with Crippen LogP contribution >= 0.6 is 0 Å². The average molecular weight is 312 g/mol. The van der Waals surface area contributed by atoms with E-state index < -0.39 is 0 Å². The molecule has 7 atom stereocenters. The monoisotopic (exact) mass is 312 g/mol. The van der Waals surface area contributed by atoms with E-state index in [1.165, 1.54) is 18.4 Å². The Bertz CT molecular complexity index is 612. The van der Waals surface area contributed by atoms with Gasteiger partial charge in [0.25, 0.3) is 0 Å². The Morgan fingerprint density at radius 2 is 2.00 bits per heavy atom. The molecule has 1 N–H and O–H groups in total. The topological polar surface area (TPSA) is 37.3 Å². The molecule has 0 aromatic carbocycles. The normalized spacial score (nSPS) is 52.0.